The molecule has 1 aliphatic heterocycles. The summed E-state index contributed by atoms with van der Waals surface area (Å²) < 4.78 is 44.0. The summed E-state index contributed by atoms with van der Waals surface area (Å²) in [6.07, 6.45) is -0.130. The maximum absolute atomic E-state index is 13.7. The van der Waals surface area contributed by atoms with E-state index in [0.29, 0.717) is 26.3 Å². The minimum atomic E-state index is -3.53. The van der Waals surface area contributed by atoms with Crippen molar-refractivity contribution in [2.45, 2.75) is 24.3 Å². The van der Waals surface area contributed by atoms with Gasteiger partial charge >= 0.3 is 0 Å². The van der Waals surface area contributed by atoms with Crippen LogP contribution >= 0.6 is 0 Å². The molecule has 1 aliphatic rings. The largest absolute Gasteiger partial charge is 0.379 e. The van der Waals surface area contributed by atoms with Gasteiger partial charge in [0.2, 0.25) is 5.91 Å². The Labute approximate surface area is 177 Å². The number of ether oxygens (including phenoxy) is 1. The molecule has 0 aliphatic carbocycles. The Morgan fingerprint density at radius 1 is 1.17 bits per heavy atom. The number of carbonyl (C=O) groups is 1. The second-order valence-corrected chi connectivity index (χ2v) is 9.51. The minimum absolute atomic E-state index is 0.130. The third-order valence-corrected chi connectivity index (χ3v) is 6.92. The number of halogens is 1. The Morgan fingerprint density at radius 3 is 2.53 bits per heavy atom. The highest BCUT2D eigenvalue weighted by atomic mass is 32.2. The lowest BCUT2D eigenvalue weighted by Gasteiger charge is -2.35. The van der Waals surface area contributed by atoms with Gasteiger partial charge in [0.15, 0.2) is 9.84 Å². The van der Waals surface area contributed by atoms with Crippen LogP contribution in [0.2, 0.25) is 0 Å². The van der Waals surface area contributed by atoms with Crippen LogP contribution in [0.4, 0.5) is 4.39 Å². The summed E-state index contributed by atoms with van der Waals surface area (Å²) in [7, 11) is -3.53. The molecular weight excluding hydrogens is 407 g/mol. The van der Waals surface area contributed by atoms with Crippen LogP contribution in [0.5, 0.6) is 0 Å². The Morgan fingerprint density at radius 2 is 1.87 bits per heavy atom. The summed E-state index contributed by atoms with van der Waals surface area (Å²) in [5.41, 5.74) is 1.74. The number of rotatable bonds is 8. The standard InChI is InChI=1S/C22H27FN2O4S/c1-17-5-7-20(8-6-17)30(27,28)14-9-22(26)24-16-21(25-10-12-29-13-11-25)18-3-2-4-19(23)15-18/h2-8,15,21H,9-14,16H2,1H3,(H,24,26). The molecule has 0 aromatic heterocycles. The van der Waals surface area contributed by atoms with Gasteiger partial charge < -0.3 is 10.1 Å². The molecule has 1 amide bonds. The zero-order valence-corrected chi connectivity index (χ0v) is 17.8. The third kappa shape index (κ3) is 6.10. The number of aryl methyl sites for hydroxylation is 1. The molecule has 1 N–H and O–H groups in total. The van der Waals surface area contributed by atoms with E-state index in [-0.39, 0.29) is 41.4 Å². The van der Waals surface area contributed by atoms with Crippen molar-refractivity contribution in [1.29, 1.82) is 0 Å². The number of carbonyl (C=O) groups excluding carboxylic acids is 1. The fourth-order valence-electron chi connectivity index (χ4n) is 3.45. The summed E-state index contributed by atoms with van der Waals surface area (Å²) in [5, 5.41) is 2.82. The van der Waals surface area contributed by atoms with Crippen molar-refractivity contribution in [3.8, 4) is 0 Å². The van der Waals surface area contributed by atoms with Crippen LogP contribution < -0.4 is 5.32 Å². The van der Waals surface area contributed by atoms with Gasteiger partial charge in [-0.05, 0) is 36.8 Å². The Kier molecular flexibility index (Phi) is 7.58. The van der Waals surface area contributed by atoms with E-state index < -0.39 is 9.84 Å². The first-order chi connectivity index (χ1) is 14.3. The van der Waals surface area contributed by atoms with Crippen molar-refractivity contribution < 1.29 is 22.3 Å². The van der Waals surface area contributed by atoms with E-state index in [1.807, 2.05) is 13.0 Å². The molecule has 6 nitrogen and oxygen atoms in total. The van der Waals surface area contributed by atoms with E-state index in [1.165, 1.54) is 12.1 Å². The highest BCUT2D eigenvalue weighted by molar-refractivity contribution is 7.91. The monoisotopic (exact) mass is 434 g/mol. The third-order valence-electron chi connectivity index (χ3n) is 5.19. The molecule has 1 fully saturated rings. The van der Waals surface area contributed by atoms with Crippen molar-refractivity contribution in [3.63, 3.8) is 0 Å². The second-order valence-electron chi connectivity index (χ2n) is 7.41. The average Bonchev–Trinajstić information content (AvgIpc) is 2.74. The van der Waals surface area contributed by atoms with E-state index >= 15 is 0 Å². The fourth-order valence-corrected chi connectivity index (χ4v) is 4.69. The molecule has 0 radical (unpaired) electrons. The lowest BCUT2D eigenvalue weighted by molar-refractivity contribution is -0.121. The molecule has 162 valence electrons. The number of hydrogen-bond acceptors (Lipinski definition) is 5. The van der Waals surface area contributed by atoms with Crippen LogP contribution in [0.3, 0.4) is 0 Å². The van der Waals surface area contributed by atoms with E-state index in [9.17, 15) is 17.6 Å². The minimum Gasteiger partial charge on any atom is -0.379 e. The first kappa shape index (κ1) is 22.4. The highest BCUT2D eigenvalue weighted by Crippen LogP contribution is 2.22. The number of amides is 1. The van der Waals surface area contributed by atoms with Gasteiger partial charge in [-0.1, -0.05) is 29.8 Å². The molecule has 0 bridgehead atoms. The number of morpholine rings is 1. The van der Waals surface area contributed by atoms with Crippen molar-refractivity contribution in [1.82, 2.24) is 10.2 Å². The Hall–Kier alpha value is -2.29. The highest BCUT2D eigenvalue weighted by Gasteiger charge is 2.24. The van der Waals surface area contributed by atoms with E-state index in [4.69, 9.17) is 4.74 Å². The van der Waals surface area contributed by atoms with E-state index in [1.54, 1.807) is 30.3 Å². The molecule has 1 atom stereocenters. The van der Waals surface area contributed by atoms with Crippen molar-refractivity contribution >= 4 is 15.7 Å². The number of sulfone groups is 1. The summed E-state index contributed by atoms with van der Waals surface area (Å²) in [5.74, 6) is -0.939. The maximum Gasteiger partial charge on any atom is 0.221 e. The van der Waals surface area contributed by atoms with Crippen molar-refractivity contribution in [2.75, 3.05) is 38.6 Å². The number of hydrogen-bond donors (Lipinski definition) is 1. The van der Waals surface area contributed by atoms with Gasteiger partial charge in [0, 0.05) is 26.1 Å². The zero-order chi connectivity index (χ0) is 21.6. The lowest BCUT2D eigenvalue weighted by Crippen LogP contribution is -2.44. The molecule has 3 rings (SSSR count). The molecule has 2 aromatic rings. The predicted octanol–water partition coefficient (Wildman–Crippen LogP) is 2.49. The van der Waals surface area contributed by atoms with E-state index in [2.05, 4.69) is 10.2 Å². The molecule has 1 heterocycles. The van der Waals surface area contributed by atoms with Gasteiger partial charge in [0.1, 0.15) is 5.82 Å². The summed E-state index contributed by atoms with van der Waals surface area (Å²) in [6.45, 7) is 4.67. The van der Waals surface area contributed by atoms with Gasteiger partial charge in [-0.2, -0.15) is 0 Å². The molecule has 8 heteroatoms. The molecule has 30 heavy (non-hydrogen) atoms. The Balaban J connectivity index is 1.60. The van der Waals surface area contributed by atoms with Crippen LogP contribution in [0, 0.1) is 12.7 Å². The lowest BCUT2D eigenvalue weighted by atomic mass is 10.0. The first-order valence-corrected chi connectivity index (χ1v) is 11.6. The molecule has 0 spiro atoms. The van der Waals surface area contributed by atoms with Crippen LogP contribution in [0.15, 0.2) is 53.4 Å². The van der Waals surface area contributed by atoms with Crippen LogP contribution in [0.1, 0.15) is 23.6 Å². The average molecular weight is 435 g/mol. The summed E-state index contributed by atoms with van der Waals surface area (Å²) in [4.78, 5) is 14.7. The van der Waals surface area contributed by atoms with Crippen LogP contribution in [-0.2, 0) is 19.4 Å². The normalized spacial score (nSPS) is 16.2. The van der Waals surface area contributed by atoms with Crippen molar-refractivity contribution in [3.05, 3.63) is 65.5 Å². The predicted molar refractivity (Wildman–Crippen MR) is 112 cm³/mol. The summed E-state index contributed by atoms with van der Waals surface area (Å²) in [6, 6.07) is 12.7. The molecule has 1 unspecified atom stereocenters. The van der Waals surface area contributed by atoms with Crippen LogP contribution in [0.25, 0.3) is 0 Å². The van der Waals surface area contributed by atoms with Crippen molar-refractivity contribution in [2.24, 2.45) is 0 Å². The van der Waals surface area contributed by atoms with Gasteiger partial charge in [-0.25, -0.2) is 12.8 Å². The fraction of sp³-hybridized carbons (Fsp3) is 0.409. The number of nitrogens with one attached hydrogen (secondary N) is 1. The molecule has 2 aromatic carbocycles. The molecule has 1 saturated heterocycles. The maximum atomic E-state index is 13.7. The number of benzene rings is 2. The second kappa shape index (κ2) is 10.1. The number of nitrogens with zero attached hydrogens (tertiary/aromatic N) is 1. The summed E-state index contributed by atoms with van der Waals surface area (Å²) >= 11 is 0. The van der Waals surface area contributed by atoms with Gasteiger partial charge in [0.25, 0.3) is 0 Å². The smallest absolute Gasteiger partial charge is 0.221 e. The van der Waals surface area contributed by atoms with Gasteiger partial charge in [0.05, 0.1) is 29.9 Å². The SMILES string of the molecule is Cc1ccc(S(=O)(=O)CCC(=O)NCC(c2cccc(F)c2)N2CCOCC2)cc1. The van der Waals surface area contributed by atoms with E-state index in [0.717, 1.165) is 11.1 Å². The Bertz CT molecular complexity index is 957. The topological polar surface area (TPSA) is 75.7 Å². The molecular formula is C22H27FN2O4S. The first-order valence-electron chi connectivity index (χ1n) is 9.98. The van der Waals surface area contributed by atoms with Gasteiger partial charge in [-0.15, -0.1) is 0 Å². The zero-order valence-electron chi connectivity index (χ0n) is 17.0. The molecule has 0 saturated carbocycles. The quantitative estimate of drug-likeness (QED) is 0.691. The van der Waals surface area contributed by atoms with Gasteiger partial charge in [-0.3, -0.25) is 9.69 Å². The van der Waals surface area contributed by atoms with Crippen LogP contribution in [-0.4, -0.2) is 57.8 Å².